The lowest BCUT2D eigenvalue weighted by atomic mass is 10.2. The SMILES string of the molecule is O=C(Nc1cccc(C#CCO)c1)c1ccc(Cl)s1. The number of halogens is 1. The van der Waals surface area contributed by atoms with Gasteiger partial charge in [-0.05, 0) is 30.3 Å². The van der Waals surface area contributed by atoms with Crippen LogP contribution in [0.3, 0.4) is 0 Å². The first kappa shape index (κ1) is 13.6. The van der Waals surface area contributed by atoms with Gasteiger partial charge in [0, 0.05) is 11.3 Å². The maximum Gasteiger partial charge on any atom is 0.265 e. The zero-order chi connectivity index (χ0) is 13.7. The Hall–Kier alpha value is -1.80. The number of hydrogen-bond donors (Lipinski definition) is 2. The first-order chi connectivity index (χ1) is 9.19. The number of hydrogen-bond acceptors (Lipinski definition) is 3. The number of carbonyl (C=O) groups is 1. The number of rotatable bonds is 2. The van der Waals surface area contributed by atoms with Crippen LogP contribution in [0.5, 0.6) is 0 Å². The molecule has 1 amide bonds. The molecule has 0 saturated carbocycles. The lowest BCUT2D eigenvalue weighted by Crippen LogP contribution is -2.09. The van der Waals surface area contributed by atoms with Crippen molar-refractivity contribution in [3.05, 3.63) is 51.2 Å². The van der Waals surface area contributed by atoms with Gasteiger partial charge in [-0.3, -0.25) is 4.79 Å². The van der Waals surface area contributed by atoms with Gasteiger partial charge >= 0.3 is 0 Å². The molecule has 0 aliphatic rings. The lowest BCUT2D eigenvalue weighted by molar-refractivity contribution is 0.103. The Bertz CT molecular complexity index is 655. The molecular weight excluding hydrogens is 282 g/mol. The highest BCUT2D eigenvalue weighted by Gasteiger charge is 2.08. The standard InChI is InChI=1S/C14H10ClNO2S/c15-13-7-6-12(19-13)14(18)16-11-5-1-3-10(9-11)4-2-8-17/h1,3,5-7,9,17H,8H2,(H,16,18). The van der Waals surface area contributed by atoms with Gasteiger partial charge in [0.25, 0.3) is 5.91 Å². The summed E-state index contributed by atoms with van der Waals surface area (Å²) in [4.78, 5) is 12.5. The maximum absolute atomic E-state index is 11.9. The molecule has 0 spiro atoms. The van der Waals surface area contributed by atoms with E-state index in [1.165, 1.54) is 11.3 Å². The molecule has 0 aliphatic heterocycles. The third-order valence-electron chi connectivity index (χ3n) is 2.23. The molecule has 0 unspecified atom stereocenters. The van der Waals surface area contributed by atoms with Crippen LogP contribution in [0, 0.1) is 11.8 Å². The van der Waals surface area contributed by atoms with Crippen LogP contribution < -0.4 is 5.32 Å². The molecule has 0 bridgehead atoms. The van der Waals surface area contributed by atoms with E-state index in [-0.39, 0.29) is 12.5 Å². The van der Waals surface area contributed by atoms with E-state index in [9.17, 15) is 4.79 Å². The van der Waals surface area contributed by atoms with Crippen molar-refractivity contribution in [2.45, 2.75) is 0 Å². The second-order valence-corrected chi connectivity index (χ2v) is 5.31. The van der Waals surface area contributed by atoms with Crippen molar-refractivity contribution in [2.75, 3.05) is 11.9 Å². The van der Waals surface area contributed by atoms with Gasteiger partial charge in [-0.2, -0.15) is 0 Å². The maximum atomic E-state index is 11.9. The highest BCUT2D eigenvalue weighted by molar-refractivity contribution is 7.18. The van der Waals surface area contributed by atoms with Gasteiger partial charge in [0.05, 0.1) is 9.21 Å². The molecule has 0 aliphatic carbocycles. The Morgan fingerprint density at radius 3 is 2.89 bits per heavy atom. The third-order valence-corrected chi connectivity index (χ3v) is 3.46. The molecule has 2 N–H and O–H groups in total. The lowest BCUT2D eigenvalue weighted by Gasteiger charge is -2.03. The molecule has 1 aromatic heterocycles. The molecule has 1 heterocycles. The first-order valence-electron chi connectivity index (χ1n) is 5.45. The van der Waals surface area contributed by atoms with Crippen LogP contribution >= 0.6 is 22.9 Å². The van der Waals surface area contributed by atoms with Crippen molar-refractivity contribution in [3.8, 4) is 11.8 Å². The molecule has 2 rings (SSSR count). The Morgan fingerprint density at radius 1 is 1.37 bits per heavy atom. The Balaban J connectivity index is 2.13. The molecule has 2 aromatic rings. The number of nitrogens with one attached hydrogen (secondary N) is 1. The molecule has 1 aromatic carbocycles. The molecule has 0 fully saturated rings. The van der Waals surface area contributed by atoms with Crippen molar-refractivity contribution in [2.24, 2.45) is 0 Å². The average Bonchev–Trinajstić information content (AvgIpc) is 2.83. The molecule has 0 atom stereocenters. The van der Waals surface area contributed by atoms with Crippen molar-refractivity contribution in [3.63, 3.8) is 0 Å². The minimum Gasteiger partial charge on any atom is -0.384 e. The molecule has 5 heteroatoms. The minimum atomic E-state index is -0.204. The van der Waals surface area contributed by atoms with Crippen molar-refractivity contribution < 1.29 is 9.90 Å². The van der Waals surface area contributed by atoms with Crippen molar-refractivity contribution in [1.82, 2.24) is 0 Å². The number of amides is 1. The van der Waals surface area contributed by atoms with Gasteiger partial charge in [0.2, 0.25) is 0 Å². The van der Waals surface area contributed by atoms with Crippen LogP contribution in [0.4, 0.5) is 5.69 Å². The summed E-state index contributed by atoms with van der Waals surface area (Å²) in [6, 6.07) is 10.5. The first-order valence-corrected chi connectivity index (χ1v) is 6.65. The van der Waals surface area contributed by atoms with Gasteiger partial charge in [-0.25, -0.2) is 0 Å². The average molecular weight is 292 g/mol. The van der Waals surface area contributed by atoms with E-state index >= 15 is 0 Å². The predicted octanol–water partition coefficient (Wildman–Crippen LogP) is 3.00. The van der Waals surface area contributed by atoms with Crippen molar-refractivity contribution in [1.29, 1.82) is 0 Å². The van der Waals surface area contributed by atoms with Crippen LogP contribution in [0.2, 0.25) is 4.34 Å². The molecule has 0 saturated heterocycles. The van der Waals surface area contributed by atoms with E-state index < -0.39 is 0 Å². The molecule has 19 heavy (non-hydrogen) atoms. The Kier molecular flexibility index (Phi) is 4.58. The fourth-order valence-electron chi connectivity index (χ4n) is 1.45. The molecule has 3 nitrogen and oxygen atoms in total. The highest BCUT2D eigenvalue weighted by Crippen LogP contribution is 2.22. The summed E-state index contributed by atoms with van der Waals surface area (Å²) in [5, 5.41) is 11.4. The normalized spacial score (nSPS) is 9.58. The van der Waals surface area contributed by atoms with Crippen LogP contribution in [0.25, 0.3) is 0 Å². The topological polar surface area (TPSA) is 49.3 Å². The van der Waals surface area contributed by atoms with Crippen LogP contribution in [0.1, 0.15) is 15.2 Å². The van der Waals surface area contributed by atoms with Crippen LogP contribution in [-0.2, 0) is 0 Å². The van der Waals surface area contributed by atoms with E-state index in [0.29, 0.717) is 14.9 Å². The molecule has 96 valence electrons. The van der Waals surface area contributed by atoms with Gasteiger partial charge in [0.15, 0.2) is 0 Å². The summed E-state index contributed by atoms with van der Waals surface area (Å²) in [7, 11) is 0. The monoisotopic (exact) mass is 291 g/mol. The van der Waals surface area contributed by atoms with Gasteiger partial charge in [-0.1, -0.05) is 29.5 Å². The molecular formula is C14H10ClNO2S. The van der Waals surface area contributed by atoms with E-state index in [4.69, 9.17) is 16.7 Å². The quantitative estimate of drug-likeness (QED) is 0.836. The number of anilines is 1. The molecule has 0 radical (unpaired) electrons. The summed E-state index contributed by atoms with van der Waals surface area (Å²) in [5.41, 5.74) is 1.38. The number of aliphatic hydroxyl groups is 1. The third kappa shape index (κ3) is 3.83. The van der Waals surface area contributed by atoms with Gasteiger partial charge in [0.1, 0.15) is 6.61 Å². The van der Waals surface area contributed by atoms with Crippen molar-refractivity contribution >= 4 is 34.5 Å². The Labute approximate surface area is 119 Å². The minimum absolute atomic E-state index is 0.190. The summed E-state index contributed by atoms with van der Waals surface area (Å²) in [6.45, 7) is -0.190. The van der Waals surface area contributed by atoms with Gasteiger partial charge in [-0.15, -0.1) is 11.3 Å². The second-order valence-electron chi connectivity index (χ2n) is 3.60. The summed E-state index contributed by atoms with van der Waals surface area (Å²) < 4.78 is 0.577. The van der Waals surface area contributed by atoms with E-state index in [0.717, 1.165) is 5.56 Å². The Morgan fingerprint density at radius 2 is 2.21 bits per heavy atom. The summed E-state index contributed by atoms with van der Waals surface area (Å²) in [6.07, 6.45) is 0. The zero-order valence-corrected chi connectivity index (χ0v) is 11.4. The van der Waals surface area contributed by atoms with Crippen LogP contribution in [-0.4, -0.2) is 17.6 Å². The number of benzene rings is 1. The summed E-state index contributed by atoms with van der Waals surface area (Å²) in [5.74, 6) is 5.14. The largest absolute Gasteiger partial charge is 0.384 e. The second kappa shape index (κ2) is 6.39. The van der Waals surface area contributed by atoms with E-state index in [1.54, 1.807) is 36.4 Å². The number of carbonyl (C=O) groups excluding carboxylic acids is 1. The fourth-order valence-corrected chi connectivity index (χ4v) is 2.38. The van der Waals surface area contributed by atoms with Gasteiger partial charge < -0.3 is 10.4 Å². The highest BCUT2D eigenvalue weighted by atomic mass is 35.5. The number of aliphatic hydroxyl groups excluding tert-OH is 1. The van der Waals surface area contributed by atoms with Crippen LogP contribution in [0.15, 0.2) is 36.4 Å². The fraction of sp³-hybridized carbons (Fsp3) is 0.0714. The predicted molar refractivity (Wildman–Crippen MR) is 77.7 cm³/mol. The van der Waals surface area contributed by atoms with E-state index in [2.05, 4.69) is 17.2 Å². The smallest absolute Gasteiger partial charge is 0.265 e. The summed E-state index contributed by atoms with van der Waals surface area (Å²) >= 11 is 7.01. The zero-order valence-electron chi connectivity index (χ0n) is 9.81. The number of thiophene rings is 1. The van der Waals surface area contributed by atoms with E-state index in [1.807, 2.05) is 0 Å².